The first-order valence-electron chi connectivity index (χ1n) is 7.87. The molecule has 7 heteroatoms. The van der Waals surface area contributed by atoms with Crippen LogP contribution in [0.15, 0.2) is 36.4 Å². The van der Waals surface area contributed by atoms with Gasteiger partial charge in [0.15, 0.2) is 11.6 Å². The second kappa shape index (κ2) is 6.88. The molecule has 1 aliphatic heterocycles. The highest BCUT2D eigenvalue weighted by atomic mass is 19.2. The van der Waals surface area contributed by atoms with Crippen LogP contribution in [-0.2, 0) is 16.0 Å². The van der Waals surface area contributed by atoms with Gasteiger partial charge in [0, 0.05) is 29.5 Å². The fraction of sp³-hybridized carbons (Fsp3) is 0.222. The summed E-state index contributed by atoms with van der Waals surface area (Å²) >= 11 is 0. The number of carbonyl (C=O) groups excluding carboxylic acids is 2. The van der Waals surface area contributed by atoms with Crippen molar-refractivity contribution in [1.29, 1.82) is 0 Å². The highest BCUT2D eigenvalue weighted by Gasteiger charge is 2.17. The number of rotatable bonds is 4. The van der Waals surface area contributed by atoms with Crippen LogP contribution in [0, 0.1) is 11.6 Å². The number of hydrogen-bond donors (Lipinski definition) is 3. The second-order valence-corrected chi connectivity index (χ2v) is 5.90. The summed E-state index contributed by atoms with van der Waals surface area (Å²) in [6.07, 6.45) is 1.08. The van der Waals surface area contributed by atoms with Crippen LogP contribution in [0.2, 0.25) is 0 Å². The smallest absolute Gasteiger partial charge is 0.246 e. The Morgan fingerprint density at radius 2 is 1.84 bits per heavy atom. The van der Waals surface area contributed by atoms with Crippen LogP contribution in [0.3, 0.4) is 0 Å². The molecule has 1 heterocycles. The number of hydrogen-bond acceptors (Lipinski definition) is 3. The van der Waals surface area contributed by atoms with E-state index in [4.69, 9.17) is 0 Å². The fourth-order valence-corrected chi connectivity index (χ4v) is 2.61. The molecule has 0 spiro atoms. The van der Waals surface area contributed by atoms with Crippen molar-refractivity contribution in [2.24, 2.45) is 0 Å². The Balaban J connectivity index is 1.65. The molecule has 2 aromatic rings. The minimum atomic E-state index is -1.02. The van der Waals surface area contributed by atoms with E-state index in [1.807, 2.05) is 6.07 Å². The van der Waals surface area contributed by atoms with E-state index >= 15 is 0 Å². The van der Waals surface area contributed by atoms with Crippen LogP contribution in [0.4, 0.5) is 25.8 Å². The lowest BCUT2D eigenvalue weighted by Crippen LogP contribution is -2.32. The maximum atomic E-state index is 13.2. The predicted molar refractivity (Wildman–Crippen MR) is 91.5 cm³/mol. The van der Waals surface area contributed by atoms with Crippen LogP contribution in [0.1, 0.15) is 18.9 Å². The van der Waals surface area contributed by atoms with Crippen LogP contribution in [0.25, 0.3) is 0 Å². The van der Waals surface area contributed by atoms with Gasteiger partial charge in [0.1, 0.15) is 6.04 Å². The lowest BCUT2D eigenvalue weighted by atomic mass is 10.0. The summed E-state index contributed by atoms with van der Waals surface area (Å²) in [6.45, 7) is 1.66. The molecular weight excluding hydrogens is 328 g/mol. The molecule has 0 saturated carbocycles. The molecule has 0 radical (unpaired) electrons. The third-order valence-electron chi connectivity index (χ3n) is 3.96. The number of halogens is 2. The lowest BCUT2D eigenvalue weighted by Gasteiger charge is -2.20. The van der Waals surface area contributed by atoms with Gasteiger partial charge in [-0.1, -0.05) is 0 Å². The zero-order valence-electron chi connectivity index (χ0n) is 13.5. The number of nitrogens with one attached hydrogen (secondary N) is 3. The summed E-state index contributed by atoms with van der Waals surface area (Å²) in [5, 5.41) is 8.38. The largest absolute Gasteiger partial charge is 0.374 e. The molecule has 0 unspecified atom stereocenters. The van der Waals surface area contributed by atoms with Crippen molar-refractivity contribution in [2.75, 3.05) is 16.0 Å². The van der Waals surface area contributed by atoms with E-state index in [-0.39, 0.29) is 17.5 Å². The molecule has 2 amide bonds. The number of amides is 2. The van der Waals surface area contributed by atoms with Crippen LogP contribution in [-0.4, -0.2) is 17.9 Å². The molecule has 0 fully saturated rings. The average Bonchev–Trinajstić information content (AvgIpc) is 2.58. The van der Waals surface area contributed by atoms with Crippen LogP contribution < -0.4 is 16.0 Å². The van der Waals surface area contributed by atoms with E-state index in [9.17, 15) is 18.4 Å². The lowest BCUT2D eigenvalue weighted by molar-refractivity contribution is -0.117. The van der Waals surface area contributed by atoms with Crippen molar-refractivity contribution in [3.05, 3.63) is 53.6 Å². The SMILES string of the molecule is C[C@@H](Nc1ccc2c(c1)CCC(=O)N2)C(=O)Nc1ccc(F)c(F)c1. The Morgan fingerprint density at radius 3 is 2.60 bits per heavy atom. The molecule has 130 valence electrons. The molecule has 3 N–H and O–H groups in total. The minimum absolute atomic E-state index is 0.00696. The Labute approximate surface area is 143 Å². The molecule has 0 aromatic heterocycles. The van der Waals surface area contributed by atoms with Gasteiger partial charge in [-0.05, 0) is 49.2 Å². The monoisotopic (exact) mass is 345 g/mol. The third kappa shape index (κ3) is 3.93. The molecule has 25 heavy (non-hydrogen) atoms. The normalized spacial score (nSPS) is 14.3. The van der Waals surface area contributed by atoms with Crippen LogP contribution >= 0.6 is 0 Å². The van der Waals surface area contributed by atoms with Gasteiger partial charge in [-0.3, -0.25) is 9.59 Å². The number of benzene rings is 2. The quantitative estimate of drug-likeness (QED) is 0.796. The molecule has 1 aliphatic rings. The topological polar surface area (TPSA) is 70.2 Å². The van der Waals surface area contributed by atoms with Gasteiger partial charge in [0.05, 0.1) is 0 Å². The van der Waals surface area contributed by atoms with Crippen molar-refractivity contribution in [1.82, 2.24) is 0 Å². The van der Waals surface area contributed by atoms with Gasteiger partial charge in [-0.15, -0.1) is 0 Å². The van der Waals surface area contributed by atoms with E-state index in [2.05, 4.69) is 16.0 Å². The summed E-state index contributed by atoms with van der Waals surface area (Å²) in [5.41, 5.74) is 2.70. The zero-order valence-corrected chi connectivity index (χ0v) is 13.5. The standard InChI is InChI=1S/C18H17F2N3O2/c1-10(18(25)22-13-3-5-14(19)15(20)9-13)21-12-4-6-16-11(8-12)2-7-17(24)23-16/h3-6,8-10,21H,2,7H2,1H3,(H,22,25)(H,23,24)/t10-/m1/s1. The maximum absolute atomic E-state index is 13.2. The summed E-state index contributed by atoms with van der Waals surface area (Å²) in [5.74, 6) is -2.37. The van der Waals surface area contributed by atoms with Gasteiger partial charge in [0.25, 0.3) is 0 Å². The van der Waals surface area contributed by atoms with Crippen molar-refractivity contribution in [3.8, 4) is 0 Å². The fourth-order valence-electron chi connectivity index (χ4n) is 2.61. The maximum Gasteiger partial charge on any atom is 0.246 e. The second-order valence-electron chi connectivity index (χ2n) is 5.90. The van der Waals surface area contributed by atoms with E-state index < -0.39 is 17.7 Å². The molecule has 1 atom stereocenters. The zero-order chi connectivity index (χ0) is 18.0. The first-order valence-corrected chi connectivity index (χ1v) is 7.87. The summed E-state index contributed by atoms with van der Waals surface area (Å²) in [4.78, 5) is 23.6. The Bertz CT molecular complexity index is 839. The Hall–Kier alpha value is -2.96. The molecular formula is C18H17F2N3O2. The van der Waals surface area contributed by atoms with Crippen molar-refractivity contribution in [2.45, 2.75) is 25.8 Å². The van der Waals surface area contributed by atoms with Gasteiger partial charge < -0.3 is 16.0 Å². The van der Waals surface area contributed by atoms with E-state index in [0.717, 1.165) is 29.1 Å². The minimum Gasteiger partial charge on any atom is -0.374 e. The highest BCUT2D eigenvalue weighted by Crippen LogP contribution is 2.26. The highest BCUT2D eigenvalue weighted by molar-refractivity contribution is 5.97. The Kier molecular flexibility index (Phi) is 4.65. The summed E-state index contributed by atoms with van der Waals surface area (Å²) in [7, 11) is 0. The molecule has 3 rings (SSSR count). The summed E-state index contributed by atoms with van der Waals surface area (Å²) < 4.78 is 26.1. The molecule has 0 saturated heterocycles. The molecule has 0 bridgehead atoms. The molecule has 0 aliphatic carbocycles. The molecule has 5 nitrogen and oxygen atoms in total. The van der Waals surface area contributed by atoms with E-state index in [1.165, 1.54) is 6.07 Å². The number of anilines is 3. The van der Waals surface area contributed by atoms with Crippen molar-refractivity contribution in [3.63, 3.8) is 0 Å². The van der Waals surface area contributed by atoms with Crippen molar-refractivity contribution < 1.29 is 18.4 Å². The molecule has 2 aromatic carbocycles. The van der Waals surface area contributed by atoms with Gasteiger partial charge in [-0.25, -0.2) is 8.78 Å². The van der Waals surface area contributed by atoms with E-state index in [0.29, 0.717) is 12.8 Å². The number of aryl methyl sites for hydroxylation is 1. The first kappa shape index (κ1) is 16.9. The predicted octanol–water partition coefficient (Wildman–Crippen LogP) is 3.29. The third-order valence-corrected chi connectivity index (χ3v) is 3.96. The van der Waals surface area contributed by atoms with Crippen molar-refractivity contribution >= 4 is 28.9 Å². The van der Waals surface area contributed by atoms with Gasteiger partial charge in [-0.2, -0.15) is 0 Å². The van der Waals surface area contributed by atoms with E-state index in [1.54, 1.807) is 19.1 Å². The van der Waals surface area contributed by atoms with Gasteiger partial charge in [0.2, 0.25) is 11.8 Å². The van der Waals surface area contributed by atoms with Gasteiger partial charge >= 0.3 is 0 Å². The Morgan fingerprint density at radius 1 is 1.08 bits per heavy atom. The number of fused-ring (bicyclic) bond motifs is 1. The summed E-state index contributed by atoms with van der Waals surface area (Å²) in [6, 6.07) is 8.04. The average molecular weight is 345 g/mol. The van der Waals surface area contributed by atoms with Crippen LogP contribution in [0.5, 0.6) is 0 Å². The number of carbonyl (C=O) groups is 2. The first-order chi connectivity index (χ1) is 11.9.